The molecule has 0 aliphatic rings. The SMILES string of the molecule is COCCC(C)NC(=O)C(C)CCCN. The highest BCUT2D eigenvalue weighted by Gasteiger charge is 2.14. The van der Waals surface area contributed by atoms with E-state index in [1.54, 1.807) is 7.11 Å². The van der Waals surface area contributed by atoms with Crippen LogP contribution >= 0.6 is 0 Å². The first-order valence-corrected chi connectivity index (χ1v) is 5.61. The Morgan fingerprint density at radius 1 is 1.40 bits per heavy atom. The number of carbonyl (C=O) groups is 1. The van der Waals surface area contributed by atoms with Gasteiger partial charge in [-0.3, -0.25) is 4.79 Å². The Bertz CT molecular complexity index is 174. The molecule has 0 fully saturated rings. The third kappa shape index (κ3) is 7.33. The van der Waals surface area contributed by atoms with E-state index in [1.807, 2.05) is 13.8 Å². The van der Waals surface area contributed by atoms with E-state index < -0.39 is 0 Å². The highest BCUT2D eigenvalue weighted by atomic mass is 16.5. The molecule has 0 rings (SSSR count). The van der Waals surface area contributed by atoms with E-state index >= 15 is 0 Å². The zero-order chi connectivity index (χ0) is 11.7. The van der Waals surface area contributed by atoms with Crippen molar-refractivity contribution in [1.82, 2.24) is 5.32 Å². The molecule has 0 aromatic carbocycles. The van der Waals surface area contributed by atoms with Crippen LogP contribution in [0.4, 0.5) is 0 Å². The summed E-state index contributed by atoms with van der Waals surface area (Å²) in [5.74, 6) is 0.172. The van der Waals surface area contributed by atoms with Gasteiger partial charge in [-0.15, -0.1) is 0 Å². The summed E-state index contributed by atoms with van der Waals surface area (Å²) in [5, 5.41) is 2.96. The molecular formula is C11H24N2O2. The molecule has 0 saturated heterocycles. The van der Waals surface area contributed by atoms with E-state index in [0.29, 0.717) is 13.2 Å². The van der Waals surface area contributed by atoms with E-state index in [4.69, 9.17) is 10.5 Å². The number of carbonyl (C=O) groups excluding carboxylic acids is 1. The third-order valence-corrected chi connectivity index (χ3v) is 2.43. The lowest BCUT2D eigenvalue weighted by atomic mass is 10.0. The molecular weight excluding hydrogens is 192 g/mol. The number of nitrogens with two attached hydrogens (primary N) is 1. The van der Waals surface area contributed by atoms with Crippen molar-refractivity contribution in [2.75, 3.05) is 20.3 Å². The number of amides is 1. The second kappa shape index (κ2) is 8.68. The molecule has 15 heavy (non-hydrogen) atoms. The molecule has 90 valence electrons. The van der Waals surface area contributed by atoms with Gasteiger partial charge in [0.25, 0.3) is 0 Å². The minimum Gasteiger partial charge on any atom is -0.385 e. The average molecular weight is 216 g/mol. The summed E-state index contributed by atoms with van der Waals surface area (Å²) in [5.41, 5.74) is 5.40. The lowest BCUT2D eigenvalue weighted by Gasteiger charge is -2.17. The molecule has 0 heterocycles. The lowest BCUT2D eigenvalue weighted by Crippen LogP contribution is -2.37. The normalized spacial score (nSPS) is 14.7. The van der Waals surface area contributed by atoms with Gasteiger partial charge in [0.1, 0.15) is 0 Å². The Kier molecular flexibility index (Phi) is 8.33. The number of hydrogen-bond donors (Lipinski definition) is 2. The van der Waals surface area contributed by atoms with Gasteiger partial charge < -0.3 is 15.8 Å². The van der Waals surface area contributed by atoms with Gasteiger partial charge in [0, 0.05) is 25.7 Å². The number of ether oxygens (including phenoxy) is 1. The number of nitrogens with one attached hydrogen (secondary N) is 1. The quantitative estimate of drug-likeness (QED) is 0.633. The van der Waals surface area contributed by atoms with Crippen LogP contribution in [0, 0.1) is 5.92 Å². The predicted molar refractivity (Wildman–Crippen MR) is 61.6 cm³/mol. The van der Waals surface area contributed by atoms with E-state index in [2.05, 4.69) is 5.32 Å². The molecule has 0 radical (unpaired) electrons. The van der Waals surface area contributed by atoms with Crippen LogP contribution < -0.4 is 11.1 Å². The molecule has 2 unspecified atom stereocenters. The second-order valence-corrected chi connectivity index (χ2v) is 4.02. The van der Waals surface area contributed by atoms with Gasteiger partial charge in [-0.05, 0) is 32.7 Å². The predicted octanol–water partition coefficient (Wildman–Crippen LogP) is 0.903. The molecule has 0 aliphatic carbocycles. The summed E-state index contributed by atoms with van der Waals surface area (Å²) in [6.45, 7) is 5.26. The summed E-state index contributed by atoms with van der Waals surface area (Å²) >= 11 is 0. The summed E-state index contributed by atoms with van der Waals surface area (Å²) in [4.78, 5) is 11.6. The topological polar surface area (TPSA) is 64.3 Å². The molecule has 2 atom stereocenters. The maximum Gasteiger partial charge on any atom is 0.223 e. The van der Waals surface area contributed by atoms with Gasteiger partial charge >= 0.3 is 0 Å². The van der Waals surface area contributed by atoms with Crippen LogP contribution in [-0.4, -0.2) is 32.2 Å². The van der Waals surface area contributed by atoms with Crippen LogP contribution in [-0.2, 0) is 9.53 Å². The van der Waals surface area contributed by atoms with Gasteiger partial charge in [-0.2, -0.15) is 0 Å². The van der Waals surface area contributed by atoms with Crippen molar-refractivity contribution >= 4 is 5.91 Å². The van der Waals surface area contributed by atoms with Gasteiger partial charge in [-0.1, -0.05) is 6.92 Å². The van der Waals surface area contributed by atoms with Crippen LogP contribution in [0.1, 0.15) is 33.1 Å². The van der Waals surface area contributed by atoms with Crippen molar-refractivity contribution in [1.29, 1.82) is 0 Å². The molecule has 0 aliphatic heterocycles. The average Bonchev–Trinajstić information content (AvgIpc) is 2.22. The molecule has 3 N–H and O–H groups in total. The standard InChI is InChI=1S/C11H24N2O2/c1-9(5-4-7-12)11(14)13-10(2)6-8-15-3/h9-10H,4-8,12H2,1-3H3,(H,13,14). The van der Waals surface area contributed by atoms with E-state index in [9.17, 15) is 4.79 Å². The fraction of sp³-hybridized carbons (Fsp3) is 0.909. The Morgan fingerprint density at radius 3 is 2.60 bits per heavy atom. The molecule has 4 nitrogen and oxygen atoms in total. The van der Waals surface area contributed by atoms with Gasteiger partial charge in [0.15, 0.2) is 0 Å². The van der Waals surface area contributed by atoms with Crippen molar-refractivity contribution in [2.45, 2.75) is 39.2 Å². The Balaban J connectivity index is 3.70. The van der Waals surface area contributed by atoms with Crippen LogP contribution in [0.3, 0.4) is 0 Å². The first-order valence-electron chi connectivity index (χ1n) is 5.61. The maximum atomic E-state index is 11.6. The summed E-state index contributed by atoms with van der Waals surface area (Å²) in [7, 11) is 1.67. The minimum absolute atomic E-state index is 0.0542. The number of rotatable bonds is 8. The second-order valence-electron chi connectivity index (χ2n) is 4.02. The zero-order valence-electron chi connectivity index (χ0n) is 10.1. The number of hydrogen-bond acceptors (Lipinski definition) is 3. The Hall–Kier alpha value is -0.610. The Labute approximate surface area is 92.6 Å². The smallest absolute Gasteiger partial charge is 0.223 e. The largest absolute Gasteiger partial charge is 0.385 e. The third-order valence-electron chi connectivity index (χ3n) is 2.43. The monoisotopic (exact) mass is 216 g/mol. The van der Waals surface area contributed by atoms with E-state index in [0.717, 1.165) is 19.3 Å². The van der Waals surface area contributed by atoms with Crippen molar-refractivity contribution in [3.05, 3.63) is 0 Å². The summed E-state index contributed by atoms with van der Waals surface area (Å²) < 4.78 is 4.95. The van der Waals surface area contributed by atoms with Crippen LogP contribution in [0.5, 0.6) is 0 Å². The highest BCUT2D eigenvalue weighted by Crippen LogP contribution is 2.05. The minimum atomic E-state index is 0.0542. The van der Waals surface area contributed by atoms with Crippen LogP contribution in [0.25, 0.3) is 0 Å². The fourth-order valence-electron chi connectivity index (χ4n) is 1.31. The maximum absolute atomic E-state index is 11.6. The zero-order valence-corrected chi connectivity index (χ0v) is 10.1. The molecule has 0 bridgehead atoms. The van der Waals surface area contributed by atoms with E-state index in [-0.39, 0.29) is 17.9 Å². The Morgan fingerprint density at radius 2 is 2.07 bits per heavy atom. The van der Waals surface area contributed by atoms with Gasteiger partial charge in [0.2, 0.25) is 5.91 Å². The molecule has 0 spiro atoms. The molecule has 1 amide bonds. The van der Waals surface area contributed by atoms with Crippen molar-refractivity contribution < 1.29 is 9.53 Å². The fourth-order valence-corrected chi connectivity index (χ4v) is 1.31. The van der Waals surface area contributed by atoms with Crippen molar-refractivity contribution in [2.24, 2.45) is 11.7 Å². The van der Waals surface area contributed by atoms with E-state index in [1.165, 1.54) is 0 Å². The summed E-state index contributed by atoms with van der Waals surface area (Å²) in [6, 6.07) is 0.178. The summed E-state index contributed by atoms with van der Waals surface area (Å²) in [6.07, 6.45) is 2.62. The first-order chi connectivity index (χ1) is 7.11. The lowest BCUT2D eigenvalue weighted by molar-refractivity contribution is -0.125. The van der Waals surface area contributed by atoms with Crippen LogP contribution in [0.15, 0.2) is 0 Å². The van der Waals surface area contributed by atoms with Gasteiger partial charge in [0.05, 0.1) is 0 Å². The number of methoxy groups -OCH3 is 1. The van der Waals surface area contributed by atoms with Gasteiger partial charge in [-0.25, -0.2) is 0 Å². The molecule has 4 heteroatoms. The first kappa shape index (κ1) is 14.4. The van der Waals surface area contributed by atoms with Crippen molar-refractivity contribution in [3.8, 4) is 0 Å². The highest BCUT2D eigenvalue weighted by molar-refractivity contribution is 5.78. The van der Waals surface area contributed by atoms with Crippen molar-refractivity contribution in [3.63, 3.8) is 0 Å². The molecule has 0 saturated carbocycles. The molecule has 0 aromatic heterocycles. The van der Waals surface area contributed by atoms with Crippen LogP contribution in [0.2, 0.25) is 0 Å². The molecule has 0 aromatic rings.